The normalized spacial score (nSPS) is 21.6. The van der Waals surface area contributed by atoms with Crippen LogP contribution in [-0.2, 0) is 16.8 Å². The van der Waals surface area contributed by atoms with Gasteiger partial charge in [-0.15, -0.1) is 0 Å². The van der Waals surface area contributed by atoms with Gasteiger partial charge in [0.15, 0.2) is 0 Å². The molecule has 1 spiro atoms. The molecule has 4 heteroatoms. The van der Waals surface area contributed by atoms with Gasteiger partial charge in [-0.05, 0) is 29.3 Å². The van der Waals surface area contributed by atoms with Gasteiger partial charge in [0.2, 0.25) is 5.91 Å². The molecule has 4 rings (SSSR count). The fourth-order valence-corrected chi connectivity index (χ4v) is 4.49. The third kappa shape index (κ3) is 2.93. The highest BCUT2D eigenvalue weighted by molar-refractivity contribution is 6.09. The lowest BCUT2D eigenvalue weighted by Crippen LogP contribution is -2.42. The van der Waals surface area contributed by atoms with E-state index in [0.717, 1.165) is 22.7 Å². The zero-order chi connectivity index (χ0) is 19.2. The highest BCUT2D eigenvalue weighted by Crippen LogP contribution is 2.50. The van der Waals surface area contributed by atoms with E-state index in [4.69, 9.17) is 9.73 Å². The zero-order valence-corrected chi connectivity index (χ0v) is 16.5. The number of benzene rings is 2. The summed E-state index contributed by atoms with van der Waals surface area (Å²) in [6.45, 7) is 7.87. The van der Waals surface area contributed by atoms with Crippen LogP contribution in [0.4, 0.5) is 5.69 Å². The lowest BCUT2D eigenvalue weighted by Gasteiger charge is -2.34. The van der Waals surface area contributed by atoms with Crippen LogP contribution >= 0.6 is 0 Å². The number of amides is 1. The molecule has 2 heterocycles. The van der Waals surface area contributed by atoms with E-state index in [9.17, 15) is 4.79 Å². The number of hydrogen-bond donors (Lipinski definition) is 0. The summed E-state index contributed by atoms with van der Waals surface area (Å²) in [5, 5.41) is 0. The SMILES string of the molecule is COc1ccc(CN2C[C@@]3(CC2=O)C(C(C)(C)C)=Nc2ccccc23)cc1. The van der Waals surface area contributed by atoms with E-state index in [0.29, 0.717) is 19.5 Å². The summed E-state index contributed by atoms with van der Waals surface area (Å²) in [5.74, 6) is 1.02. The molecule has 1 saturated heterocycles. The molecular weight excluding hydrogens is 336 g/mol. The summed E-state index contributed by atoms with van der Waals surface area (Å²) >= 11 is 0. The summed E-state index contributed by atoms with van der Waals surface area (Å²) < 4.78 is 5.23. The molecule has 0 aromatic heterocycles. The van der Waals surface area contributed by atoms with E-state index >= 15 is 0 Å². The fraction of sp³-hybridized carbons (Fsp3) is 0.391. The maximum absolute atomic E-state index is 13.0. The van der Waals surface area contributed by atoms with Crippen LogP contribution in [0.5, 0.6) is 5.75 Å². The molecule has 0 saturated carbocycles. The summed E-state index contributed by atoms with van der Waals surface area (Å²) in [5.41, 5.74) is 4.05. The van der Waals surface area contributed by atoms with Crippen molar-refractivity contribution in [1.82, 2.24) is 4.90 Å². The van der Waals surface area contributed by atoms with E-state index in [2.05, 4.69) is 39.0 Å². The van der Waals surface area contributed by atoms with Gasteiger partial charge in [0.25, 0.3) is 0 Å². The topological polar surface area (TPSA) is 41.9 Å². The van der Waals surface area contributed by atoms with Crippen LogP contribution < -0.4 is 4.74 Å². The van der Waals surface area contributed by atoms with E-state index in [-0.39, 0.29) is 16.7 Å². The van der Waals surface area contributed by atoms with Crippen LogP contribution in [0, 0.1) is 5.41 Å². The Morgan fingerprint density at radius 3 is 2.48 bits per heavy atom. The third-order valence-electron chi connectivity index (χ3n) is 5.61. The first-order valence-corrected chi connectivity index (χ1v) is 9.43. The van der Waals surface area contributed by atoms with Gasteiger partial charge in [-0.3, -0.25) is 9.79 Å². The highest BCUT2D eigenvalue weighted by Gasteiger charge is 2.54. The number of methoxy groups -OCH3 is 1. The second-order valence-electron chi connectivity index (χ2n) is 8.58. The quantitative estimate of drug-likeness (QED) is 0.807. The highest BCUT2D eigenvalue weighted by atomic mass is 16.5. The van der Waals surface area contributed by atoms with E-state index < -0.39 is 0 Å². The number of carbonyl (C=O) groups excluding carboxylic acids is 1. The minimum absolute atomic E-state index is 0.0879. The van der Waals surface area contributed by atoms with Crippen molar-refractivity contribution in [2.75, 3.05) is 13.7 Å². The van der Waals surface area contributed by atoms with Gasteiger partial charge >= 0.3 is 0 Å². The second kappa shape index (κ2) is 6.22. The summed E-state index contributed by atoms with van der Waals surface area (Å²) in [7, 11) is 1.66. The molecule has 2 aliphatic rings. The molecule has 2 aromatic rings. The van der Waals surface area contributed by atoms with Crippen molar-refractivity contribution in [3.8, 4) is 5.75 Å². The van der Waals surface area contributed by atoms with Crippen LogP contribution in [0.15, 0.2) is 53.5 Å². The molecule has 2 aromatic carbocycles. The first kappa shape index (κ1) is 17.8. The van der Waals surface area contributed by atoms with Gasteiger partial charge in [0.1, 0.15) is 5.75 Å². The number of nitrogens with zero attached hydrogens (tertiary/aromatic N) is 2. The first-order chi connectivity index (χ1) is 12.8. The number of likely N-dealkylation sites (tertiary alicyclic amines) is 1. The molecule has 4 nitrogen and oxygen atoms in total. The number of rotatable bonds is 3. The standard InChI is InChI=1S/C23H26N2O2/c1-22(2,3)21-23(18-7-5-6-8-19(18)24-21)13-20(26)25(15-23)14-16-9-11-17(27-4)12-10-16/h5-12H,13-15H2,1-4H3/t23-/m1/s1. The largest absolute Gasteiger partial charge is 0.497 e. The van der Waals surface area contributed by atoms with Gasteiger partial charge in [-0.2, -0.15) is 0 Å². The van der Waals surface area contributed by atoms with Crippen molar-refractivity contribution in [2.45, 2.75) is 39.2 Å². The van der Waals surface area contributed by atoms with Crippen molar-refractivity contribution in [1.29, 1.82) is 0 Å². The van der Waals surface area contributed by atoms with E-state index in [1.165, 1.54) is 5.56 Å². The molecule has 1 atom stereocenters. The average molecular weight is 362 g/mol. The van der Waals surface area contributed by atoms with Crippen LogP contribution in [-0.4, -0.2) is 30.2 Å². The number of aliphatic imine (C=N–C) groups is 1. The summed E-state index contributed by atoms with van der Waals surface area (Å²) in [4.78, 5) is 19.9. The van der Waals surface area contributed by atoms with Gasteiger partial charge in [-0.1, -0.05) is 51.1 Å². The monoisotopic (exact) mass is 362 g/mol. The Bertz CT molecular complexity index is 909. The first-order valence-electron chi connectivity index (χ1n) is 9.43. The predicted molar refractivity (Wildman–Crippen MR) is 108 cm³/mol. The van der Waals surface area contributed by atoms with Gasteiger partial charge < -0.3 is 9.64 Å². The van der Waals surface area contributed by atoms with E-state index in [1.54, 1.807) is 7.11 Å². The van der Waals surface area contributed by atoms with Crippen LogP contribution in [0.2, 0.25) is 0 Å². The van der Waals surface area contributed by atoms with Gasteiger partial charge in [0.05, 0.1) is 18.2 Å². The Morgan fingerprint density at radius 1 is 1.11 bits per heavy atom. The molecule has 1 amide bonds. The predicted octanol–water partition coefficient (Wildman–Crippen LogP) is 4.50. The van der Waals surface area contributed by atoms with Crippen molar-refractivity contribution >= 4 is 17.3 Å². The molecule has 1 fully saturated rings. The van der Waals surface area contributed by atoms with Crippen LogP contribution in [0.1, 0.15) is 38.3 Å². The fourth-order valence-electron chi connectivity index (χ4n) is 4.49. The van der Waals surface area contributed by atoms with Crippen molar-refractivity contribution in [2.24, 2.45) is 10.4 Å². The molecule has 0 N–H and O–H groups in total. The van der Waals surface area contributed by atoms with Crippen LogP contribution in [0.3, 0.4) is 0 Å². The molecular formula is C23H26N2O2. The molecule has 0 bridgehead atoms. The summed E-state index contributed by atoms with van der Waals surface area (Å²) in [6.07, 6.45) is 0.496. The molecule has 0 aliphatic carbocycles. The number of carbonyl (C=O) groups is 1. The maximum atomic E-state index is 13.0. The zero-order valence-electron chi connectivity index (χ0n) is 16.5. The third-order valence-corrected chi connectivity index (χ3v) is 5.61. The Morgan fingerprint density at radius 2 is 1.81 bits per heavy atom. The van der Waals surface area contributed by atoms with Crippen LogP contribution in [0.25, 0.3) is 0 Å². The lowest BCUT2D eigenvalue weighted by atomic mass is 9.68. The van der Waals surface area contributed by atoms with Crippen molar-refractivity contribution in [3.63, 3.8) is 0 Å². The van der Waals surface area contributed by atoms with Crippen molar-refractivity contribution in [3.05, 3.63) is 59.7 Å². The molecule has 0 unspecified atom stereocenters. The Kier molecular flexibility index (Phi) is 4.10. The Labute approximate surface area is 160 Å². The Balaban J connectivity index is 1.67. The maximum Gasteiger partial charge on any atom is 0.224 e. The Hall–Kier alpha value is -2.62. The number of ether oxygens (including phenoxy) is 1. The molecule has 2 aliphatic heterocycles. The number of hydrogen-bond acceptors (Lipinski definition) is 3. The molecule has 0 radical (unpaired) electrons. The summed E-state index contributed by atoms with van der Waals surface area (Å²) in [6, 6.07) is 16.2. The van der Waals surface area contributed by atoms with Gasteiger partial charge in [-0.25, -0.2) is 0 Å². The second-order valence-corrected chi connectivity index (χ2v) is 8.58. The minimum atomic E-state index is -0.307. The number of para-hydroxylation sites is 1. The number of fused-ring (bicyclic) bond motifs is 2. The smallest absolute Gasteiger partial charge is 0.224 e. The lowest BCUT2D eigenvalue weighted by molar-refractivity contribution is -0.128. The molecule has 27 heavy (non-hydrogen) atoms. The minimum Gasteiger partial charge on any atom is -0.497 e. The molecule has 140 valence electrons. The van der Waals surface area contributed by atoms with Crippen molar-refractivity contribution < 1.29 is 9.53 Å². The van der Waals surface area contributed by atoms with Gasteiger partial charge in [0, 0.05) is 30.6 Å². The average Bonchev–Trinajstić information content (AvgIpc) is 3.13. The van der Waals surface area contributed by atoms with E-state index in [1.807, 2.05) is 35.2 Å².